The summed E-state index contributed by atoms with van der Waals surface area (Å²) in [6, 6.07) is 9.41. The highest BCUT2D eigenvalue weighted by Crippen LogP contribution is 2.39. The molecule has 31 heavy (non-hydrogen) atoms. The van der Waals surface area contributed by atoms with Gasteiger partial charge in [-0.15, -0.1) is 0 Å². The van der Waals surface area contributed by atoms with Crippen molar-refractivity contribution in [2.45, 2.75) is 17.9 Å². The zero-order chi connectivity index (χ0) is 23.0. The van der Waals surface area contributed by atoms with Gasteiger partial charge in [0.05, 0.1) is 26.2 Å². The summed E-state index contributed by atoms with van der Waals surface area (Å²) in [6.45, 7) is 0.701. The second-order valence-corrected chi connectivity index (χ2v) is 7.94. The van der Waals surface area contributed by atoms with Crippen molar-refractivity contribution in [1.82, 2.24) is 4.72 Å². The van der Waals surface area contributed by atoms with E-state index < -0.39 is 34.5 Å². The van der Waals surface area contributed by atoms with E-state index in [1.54, 1.807) is 18.2 Å². The van der Waals surface area contributed by atoms with Crippen molar-refractivity contribution in [3.8, 4) is 17.2 Å². The number of benzene rings is 2. The van der Waals surface area contributed by atoms with Crippen molar-refractivity contribution in [2.75, 3.05) is 33.3 Å². The smallest absolute Gasteiger partial charge is 0.324 e. The number of amides is 1. The zero-order valence-corrected chi connectivity index (χ0v) is 18.3. The van der Waals surface area contributed by atoms with Crippen LogP contribution in [0.15, 0.2) is 47.4 Å². The second-order valence-electron chi connectivity index (χ2n) is 6.23. The van der Waals surface area contributed by atoms with Crippen LogP contribution >= 0.6 is 0 Å². The lowest BCUT2D eigenvalue weighted by atomic mass is 10.2. The van der Waals surface area contributed by atoms with Crippen LogP contribution in [0.4, 0.5) is 5.69 Å². The number of nitrogens with one attached hydrogen (secondary N) is 2. The lowest BCUT2D eigenvalue weighted by molar-refractivity contribution is -0.148. The molecule has 10 nitrogen and oxygen atoms in total. The molecule has 0 aromatic heterocycles. The molecule has 0 saturated carbocycles. The van der Waals surface area contributed by atoms with Crippen LogP contribution in [0.5, 0.6) is 17.2 Å². The lowest BCUT2D eigenvalue weighted by Gasteiger charge is -2.15. The highest BCUT2D eigenvalue weighted by molar-refractivity contribution is 7.89. The van der Waals surface area contributed by atoms with E-state index in [1.165, 1.54) is 52.5 Å². The van der Waals surface area contributed by atoms with Gasteiger partial charge in [0.2, 0.25) is 15.8 Å². The Hall–Kier alpha value is -3.31. The number of rotatable bonds is 10. The Kier molecular flexibility index (Phi) is 8.22. The maximum atomic E-state index is 12.3. The summed E-state index contributed by atoms with van der Waals surface area (Å²) in [6.07, 6.45) is 0. The van der Waals surface area contributed by atoms with Gasteiger partial charge in [-0.05, 0) is 19.1 Å². The lowest BCUT2D eigenvalue weighted by Crippen LogP contribution is -2.40. The molecule has 0 radical (unpaired) electrons. The molecule has 2 N–H and O–H groups in total. The van der Waals surface area contributed by atoms with Crippen LogP contribution < -0.4 is 24.2 Å². The number of carbonyl (C=O) groups is 2. The number of methoxy groups -OCH3 is 3. The summed E-state index contributed by atoms with van der Waals surface area (Å²) in [5.41, 5.74) is 0.327. The van der Waals surface area contributed by atoms with Crippen molar-refractivity contribution in [3.63, 3.8) is 0 Å². The predicted octanol–water partition coefficient (Wildman–Crippen LogP) is 1.56. The van der Waals surface area contributed by atoms with Gasteiger partial charge in [-0.3, -0.25) is 9.59 Å². The standard InChI is InChI=1S/C20H24N2O8S/c1-13(22-31(25,26)15-8-6-5-7-9-15)20(24)30-12-18(23)21-14-10-16(27-2)19(29-4)17(11-14)28-3/h5-11,13,22H,12H2,1-4H3,(H,21,23)/t13-/m0/s1. The normalized spacial score (nSPS) is 11.9. The molecule has 0 aliphatic carbocycles. The second kappa shape index (κ2) is 10.6. The van der Waals surface area contributed by atoms with Gasteiger partial charge in [0.15, 0.2) is 18.1 Å². The number of anilines is 1. The largest absolute Gasteiger partial charge is 0.493 e. The fourth-order valence-electron chi connectivity index (χ4n) is 2.56. The molecule has 0 heterocycles. The first-order valence-electron chi connectivity index (χ1n) is 9.05. The van der Waals surface area contributed by atoms with Crippen molar-refractivity contribution < 1.29 is 37.0 Å². The van der Waals surface area contributed by atoms with Gasteiger partial charge in [0.25, 0.3) is 5.91 Å². The molecule has 0 saturated heterocycles. The molecule has 0 aliphatic heterocycles. The summed E-state index contributed by atoms with van der Waals surface area (Å²) in [4.78, 5) is 24.3. The maximum Gasteiger partial charge on any atom is 0.324 e. The van der Waals surface area contributed by atoms with Gasteiger partial charge in [-0.2, -0.15) is 4.72 Å². The van der Waals surface area contributed by atoms with Gasteiger partial charge < -0.3 is 24.3 Å². The predicted molar refractivity (Wildman–Crippen MR) is 112 cm³/mol. The number of esters is 1. The van der Waals surface area contributed by atoms with Crippen LogP contribution in [0.1, 0.15) is 6.92 Å². The van der Waals surface area contributed by atoms with Gasteiger partial charge >= 0.3 is 5.97 Å². The Balaban J connectivity index is 1.96. The summed E-state index contributed by atoms with van der Waals surface area (Å²) >= 11 is 0. The first-order valence-corrected chi connectivity index (χ1v) is 10.5. The molecule has 2 aromatic carbocycles. The molecule has 0 spiro atoms. The average Bonchev–Trinajstić information content (AvgIpc) is 2.76. The van der Waals surface area contributed by atoms with Gasteiger partial charge in [-0.25, -0.2) is 8.42 Å². The highest BCUT2D eigenvalue weighted by Gasteiger charge is 2.23. The molecule has 11 heteroatoms. The SMILES string of the molecule is COc1cc(NC(=O)COC(=O)[C@H](C)NS(=O)(=O)c2ccccc2)cc(OC)c1OC. The molecule has 168 valence electrons. The van der Waals surface area contributed by atoms with Crippen LogP contribution in [0.3, 0.4) is 0 Å². The molecule has 0 aliphatic rings. The summed E-state index contributed by atoms with van der Waals surface area (Å²) in [5.74, 6) is -0.523. The monoisotopic (exact) mass is 452 g/mol. The fourth-order valence-corrected chi connectivity index (χ4v) is 3.77. The van der Waals surface area contributed by atoms with E-state index in [0.29, 0.717) is 22.9 Å². The maximum absolute atomic E-state index is 12.3. The summed E-state index contributed by atoms with van der Waals surface area (Å²) < 4.78 is 47.3. The number of ether oxygens (including phenoxy) is 4. The van der Waals surface area contributed by atoms with Crippen LogP contribution in [-0.2, 0) is 24.3 Å². The molecule has 1 amide bonds. The Labute approximate surface area is 180 Å². The Morgan fingerprint density at radius 3 is 2.06 bits per heavy atom. The molecule has 0 unspecified atom stereocenters. The Bertz CT molecular complexity index is 1000. The quantitative estimate of drug-likeness (QED) is 0.520. The molecular weight excluding hydrogens is 428 g/mol. The van der Waals surface area contributed by atoms with E-state index in [9.17, 15) is 18.0 Å². The number of hydrogen-bond acceptors (Lipinski definition) is 8. The number of hydrogen-bond donors (Lipinski definition) is 2. The van der Waals surface area contributed by atoms with E-state index in [1.807, 2.05) is 0 Å². The third-order valence-electron chi connectivity index (χ3n) is 4.03. The minimum absolute atomic E-state index is 0.00907. The van der Waals surface area contributed by atoms with Crippen LogP contribution in [0, 0.1) is 0 Å². The third-order valence-corrected chi connectivity index (χ3v) is 5.59. The van der Waals surface area contributed by atoms with Crippen LogP contribution in [-0.4, -0.2) is 54.3 Å². The third kappa shape index (κ3) is 6.33. The van der Waals surface area contributed by atoms with Crippen molar-refractivity contribution in [1.29, 1.82) is 0 Å². The molecule has 1 atom stereocenters. The van der Waals surface area contributed by atoms with Gasteiger partial charge in [0, 0.05) is 17.8 Å². The van der Waals surface area contributed by atoms with E-state index in [2.05, 4.69) is 10.0 Å². The van der Waals surface area contributed by atoms with E-state index >= 15 is 0 Å². The Morgan fingerprint density at radius 2 is 1.55 bits per heavy atom. The van der Waals surface area contributed by atoms with Crippen molar-refractivity contribution >= 4 is 27.6 Å². The minimum Gasteiger partial charge on any atom is -0.493 e. The van der Waals surface area contributed by atoms with Crippen LogP contribution in [0.25, 0.3) is 0 Å². The number of carbonyl (C=O) groups excluding carboxylic acids is 2. The number of sulfonamides is 1. The van der Waals surface area contributed by atoms with Gasteiger partial charge in [-0.1, -0.05) is 18.2 Å². The minimum atomic E-state index is -3.90. The molecule has 2 aromatic rings. The van der Waals surface area contributed by atoms with Gasteiger partial charge in [0.1, 0.15) is 6.04 Å². The molecule has 0 bridgehead atoms. The average molecular weight is 452 g/mol. The van der Waals surface area contributed by atoms with Crippen LogP contribution in [0.2, 0.25) is 0 Å². The van der Waals surface area contributed by atoms with E-state index in [4.69, 9.17) is 18.9 Å². The first-order chi connectivity index (χ1) is 14.7. The molecule has 2 rings (SSSR count). The Morgan fingerprint density at radius 1 is 0.968 bits per heavy atom. The summed E-state index contributed by atoms with van der Waals surface area (Å²) in [5, 5.41) is 2.54. The van der Waals surface area contributed by atoms with E-state index in [0.717, 1.165) is 0 Å². The highest BCUT2D eigenvalue weighted by atomic mass is 32.2. The molecular formula is C20H24N2O8S. The van der Waals surface area contributed by atoms with Crippen molar-refractivity contribution in [2.24, 2.45) is 0 Å². The topological polar surface area (TPSA) is 129 Å². The molecule has 0 fully saturated rings. The fraction of sp³-hybridized carbons (Fsp3) is 0.300. The van der Waals surface area contributed by atoms with Crippen molar-refractivity contribution in [3.05, 3.63) is 42.5 Å². The van der Waals surface area contributed by atoms with E-state index in [-0.39, 0.29) is 4.90 Å². The first kappa shape index (κ1) is 24.0. The zero-order valence-electron chi connectivity index (χ0n) is 17.5. The summed E-state index contributed by atoms with van der Waals surface area (Å²) in [7, 11) is 0.411.